The Morgan fingerprint density at radius 3 is 2.83 bits per heavy atom. The number of thiophene rings is 1. The smallest absolute Gasteiger partial charge is 0.191 e. The van der Waals surface area contributed by atoms with Crippen LogP contribution in [-0.2, 0) is 0 Å². The van der Waals surface area contributed by atoms with Gasteiger partial charge in [-0.15, -0.1) is 0 Å². The summed E-state index contributed by atoms with van der Waals surface area (Å²) in [5.74, 6) is 1.45. The van der Waals surface area contributed by atoms with Gasteiger partial charge in [0, 0.05) is 32.7 Å². The summed E-state index contributed by atoms with van der Waals surface area (Å²) >= 11 is 1.76. The van der Waals surface area contributed by atoms with Crippen LogP contribution < -0.4 is 10.6 Å². The van der Waals surface area contributed by atoms with Crippen molar-refractivity contribution in [1.29, 1.82) is 0 Å². The summed E-state index contributed by atoms with van der Waals surface area (Å²) in [6, 6.07) is 2.76. The van der Waals surface area contributed by atoms with Crippen LogP contribution in [0.3, 0.4) is 0 Å². The second kappa shape index (κ2) is 9.93. The fraction of sp³-hybridized carbons (Fsp3) is 0.722. The van der Waals surface area contributed by atoms with E-state index in [1.807, 2.05) is 7.05 Å². The van der Waals surface area contributed by atoms with E-state index in [1.54, 1.807) is 11.3 Å². The van der Waals surface area contributed by atoms with E-state index >= 15 is 0 Å². The number of aliphatic imine (C=N–C) groups is 1. The van der Waals surface area contributed by atoms with E-state index in [2.05, 4.69) is 51.2 Å². The summed E-state index contributed by atoms with van der Waals surface area (Å²) in [5, 5.41) is 11.5. The van der Waals surface area contributed by atoms with Crippen molar-refractivity contribution in [1.82, 2.24) is 15.5 Å². The minimum atomic E-state index is 0.510. The lowest BCUT2D eigenvalue weighted by molar-refractivity contribution is 0.203. The maximum atomic E-state index is 4.39. The summed E-state index contributed by atoms with van der Waals surface area (Å²) in [4.78, 5) is 6.98. The predicted octanol–water partition coefficient (Wildman–Crippen LogP) is 3.28. The number of unbranched alkanes of at least 4 members (excludes halogenated alkanes) is 1. The van der Waals surface area contributed by atoms with Crippen LogP contribution in [0.5, 0.6) is 0 Å². The van der Waals surface area contributed by atoms with Crippen molar-refractivity contribution in [3.8, 4) is 0 Å². The van der Waals surface area contributed by atoms with Crippen LogP contribution in [0.25, 0.3) is 0 Å². The van der Waals surface area contributed by atoms with Gasteiger partial charge in [0.25, 0.3) is 0 Å². The summed E-state index contributed by atoms with van der Waals surface area (Å²) in [7, 11) is 1.86. The van der Waals surface area contributed by atoms with E-state index < -0.39 is 0 Å². The van der Waals surface area contributed by atoms with E-state index in [0.29, 0.717) is 12.0 Å². The van der Waals surface area contributed by atoms with Crippen LogP contribution in [0.1, 0.15) is 51.0 Å². The van der Waals surface area contributed by atoms with Gasteiger partial charge in [0.05, 0.1) is 0 Å². The Hall–Kier alpha value is -1.07. The number of likely N-dealkylation sites (tertiary alicyclic amines) is 1. The molecule has 1 fully saturated rings. The number of rotatable bonds is 7. The minimum absolute atomic E-state index is 0.510. The van der Waals surface area contributed by atoms with Gasteiger partial charge in [-0.2, -0.15) is 11.3 Å². The quantitative estimate of drug-likeness (QED) is 0.593. The molecule has 130 valence electrons. The van der Waals surface area contributed by atoms with Crippen LogP contribution >= 0.6 is 11.3 Å². The largest absolute Gasteiger partial charge is 0.356 e. The van der Waals surface area contributed by atoms with E-state index in [9.17, 15) is 0 Å². The van der Waals surface area contributed by atoms with E-state index in [1.165, 1.54) is 50.9 Å². The topological polar surface area (TPSA) is 39.7 Å². The number of hydrogen-bond donors (Lipinski definition) is 2. The lowest BCUT2D eigenvalue weighted by Crippen LogP contribution is -2.49. The summed E-state index contributed by atoms with van der Waals surface area (Å²) < 4.78 is 0. The molecule has 1 saturated heterocycles. The van der Waals surface area contributed by atoms with Gasteiger partial charge in [0.1, 0.15) is 0 Å². The monoisotopic (exact) mass is 336 g/mol. The summed E-state index contributed by atoms with van der Waals surface area (Å²) in [6.07, 6.45) is 5.04. The molecule has 1 atom stereocenters. The van der Waals surface area contributed by atoms with Crippen LogP contribution in [0, 0.1) is 0 Å². The molecule has 2 N–H and O–H groups in total. The third-order valence-corrected chi connectivity index (χ3v) is 5.37. The Bertz CT molecular complexity index is 450. The molecule has 2 rings (SSSR count). The van der Waals surface area contributed by atoms with Gasteiger partial charge in [0.15, 0.2) is 5.96 Å². The van der Waals surface area contributed by atoms with Crippen LogP contribution in [0.15, 0.2) is 21.8 Å². The highest BCUT2D eigenvalue weighted by atomic mass is 32.1. The molecule has 1 aliphatic rings. The Labute approximate surface area is 145 Å². The molecular formula is C18H32N4S. The Balaban J connectivity index is 1.69. The highest BCUT2D eigenvalue weighted by Gasteiger charge is 2.19. The van der Waals surface area contributed by atoms with Crippen LogP contribution in [0.2, 0.25) is 0 Å². The van der Waals surface area contributed by atoms with Crippen molar-refractivity contribution in [2.45, 2.75) is 51.5 Å². The van der Waals surface area contributed by atoms with Crippen molar-refractivity contribution in [3.05, 3.63) is 22.4 Å². The molecular weight excluding hydrogens is 304 g/mol. The summed E-state index contributed by atoms with van der Waals surface area (Å²) in [6.45, 7) is 9.12. The summed E-state index contributed by atoms with van der Waals surface area (Å²) in [5.41, 5.74) is 1.40. The van der Waals surface area contributed by atoms with Crippen LogP contribution in [-0.4, -0.2) is 50.1 Å². The third-order valence-electron chi connectivity index (χ3n) is 4.67. The van der Waals surface area contributed by atoms with Gasteiger partial charge >= 0.3 is 0 Å². The van der Waals surface area contributed by atoms with E-state index in [-0.39, 0.29) is 0 Å². The molecule has 2 heterocycles. The Morgan fingerprint density at radius 2 is 2.22 bits per heavy atom. The first kappa shape index (κ1) is 18.3. The maximum absolute atomic E-state index is 4.39. The molecule has 1 aliphatic heterocycles. The zero-order chi connectivity index (χ0) is 16.5. The molecule has 0 aromatic carbocycles. The lowest BCUT2D eigenvalue weighted by atomic mass is 10.0. The first-order valence-electron chi connectivity index (χ1n) is 8.94. The lowest BCUT2D eigenvalue weighted by Gasteiger charge is -2.33. The molecule has 23 heavy (non-hydrogen) atoms. The van der Waals surface area contributed by atoms with Crippen molar-refractivity contribution in [2.75, 3.05) is 33.2 Å². The Morgan fingerprint density at radius 1 is 1.43 bits per heavy atom. The highest BCUT2D eigenvalue weighted by molar-refractivity contribution is 7.07. The van der Waals surface area contributed by atoms with Gasteiger partial charge in [-0.25, -0.2) is 0 Å². The second-order valence-electron chi connectivity index (χ2n) is 6.52. The second-order valence-corrected chi connectivity index (χ2v) is 7.30. The zero-order valence-corrected chi connectivity index (χ0v) is 15.7. The fourth-order valence-electron chi connectivity index (χ4n) is 2.99. The average molecular weight is 337 g/mol. The highest BCUT2D eigenvalue weighted by Crippen LogP contribution is 2.17. The van der Waals surface area contributed by atoms with Crippen LogP contribution in [0.4, 0.5) is 0 Å². The molecule has 1 aromatic rings. The molecule has 0 aliphatic carbocycles. The molecule has 4 nitrogen and oxygen atoms in total. The molecule has 1 unspecified atom stereocenters. The first-order chi connectivity index (χ1) is 11.2. The zero-order valence-electron chi connectivity index (χ0n) is 14.8. The maximum Gasteiger partial charge on any atom is 0.191 e. The predicted molar refractivity (Wildman–Crippen MR) is 102 cm³/mol. The van der Waals surface area contributed by atoms with Crippen molar-refractivity contribution >= 4 is 17.3 Å². The van der Waals surface area contributed by atoms with E-state index in [0.717, 1.165) is 12.5 Å². The van der Waals surface area contributed by atoms with Gasteiger partial charge < -0.3 is 15.5 Å². The Kier molecular flexibility index (Phi) is 7.89. The SMILES string of the molecule is CCCCN1CCC(NC(=NC)NCC(C)c2ccsc2)CC1. The van der Waals surface area contributed by atoms with Gasteiger partial charge in [-0.1, -0.05) is 20.3 Å². The van der Waals surface area contributed by atoms with Crippen molar-refractivity contribution in [3.63, 3.8) is 0 Å². The number of piperidine rings is 1. The van der Waals surface area contributed by atoms with Gasteiger partial charge in [-0.05, 0) is 54.1 Å². The molecule has 1 aromatic heterocycles. The van der Waals surface area contributed by atoms with Gasteiger partial charge in [0.2, 0.25) is 0 Å². The third kappa shape index (κ3) is 6.15. The van der Waals surface area contributed by atoms with Crippen molar-refractivity contribution in [2.24, 2.45) is 4.99 Å². The first-order valence-corrected chi connectivity index (χ1v) is 9.88. The minimum Gasteiger partial charge on any atom is -0.356 e. The molecule has 0 amide bonds. The number of nitrogens with zero attached hydrogens (tertiary/aromatic N) is 2. The number of hydrogen-bond acceptors (Lipinski definition) is 3. The van der Waals surface area contributed by atoms with Crippen molar-refractivity contribution < 1.29 is 0 Å². The molecule has 5 heteroatoms. The fourth-order valence-corrected chi connectivity index (χ4v) is 3.78. The average Bonchev–Trinajstić information content (AvgIpc) is 3.12. The number of nitrogens with one attached hydrogen (secondary N) is 2. The standard InChI is InChI=1S/C18H32N4S/c1-4-5-9-22-10-6-17(7-11-22)21-18(19-3)20-13-15(2)16-8-12-23-14-16/h8,12,14-15,17H,4-7,9-11,13H2,1-3H3,(H2,19,20,21). The number of guanidine groups is 1. The molecule has 0 bridgehead atoms. The van der Waals surface area contributed by atoms with Gasteiger partial charge in [-0.3, -0.25) is 4.99 Å². The normalized spacial score (nSPS) is 18.8. The molecule has 0 saturated carbocycles. The van der Waals surface area contributed by atoms with E-state index in [4.69, 9.17) is 0 Å². The molecule has 0 radical (unpaired) electrons. The molecule has 0 spiro atoms.